The van der Waals surface area contributed by atoms with Gasteiger partial charge < -0.3 is 14.7 Å². The second kappa shape index (κ2) is 5.13. The molecular weight excluding hydrogens is 246 g/mol. The topological polar surface area (TPSA) is 75.5 Å². The molecule has 0 amide bonds. The summed E-state index contributed by atoms with van der Waals surface area (Å²) >= 11 is 0. The van der Waals surface area contributed by atoms with E-state index in [2.05, 4.69) is 28.7 Å². The Balaban J connectivity index is 2.13. The minimum Gasteiger partial charge on any atom is -0.476 e. The lowest BCUT2D eigenvalue weighted by molar-refractivity contribution is -0.00644. The van der Waals surface area contributed by atoms with E-state index in [1.807, 2.05) is 0 Å². The quantitative estimate of drug-likeness (QED) is 0.891. The molecule has 0 aromatic carbocycles. The van der Waals surface area contributed by atoms with Gasteiger partial charge in [-0.05, 0) is 6.42 Å². The average Bonchev–Trinajstić information content (AvgIpc) is 2.37. The maximum atomic E-state index is 10.7. The lowest BCUT2D eigenvalue weighted by Gasteiger charge is -2.43. The Morgan fingerprint density at radius 1 is 1.47 bits per heavy atom. The van der Waals surface area contributed by atoms with Gasteiger partial charge in [-0.25, -0.2) is 14.8 Å². The summed E-state index contributed by atoms with van der Waals surface area (Å²) in [5.74, 6) is -0.343. The second-order valence-electron chi connectivity index (χ2n) is 5.49. The highest BCUT2D eigenvalue weighted by Crippen LogP contribution is 2.32. The second-order valence-corrected chi connectivity index (χ2v) is 5.49. The Morgan fingerprint density at radius 3 is 2.68 bits per heavy atom. The van der Waals surface area contributed by atoms with Crippen molar-refractivity contribution in [3.8, 4) is 0 Å². The maximum Gasteiger partial charge on any atom is 0.356 e. The van der Waals surface area contributed by atoms with E-state index in [-0.39, 0.29) is 17.2 Å². The third kappa shape index (κ3) is 2.84. The van der Waals surface area contributed by atoms with Crippen LogP contribution in [0.3, 0.4) is 0 Å². The van der Waals surface area contributed by atoms with Gasteiger partial charge >= 0.3 is 5.97 Å². The van der Waals surface area contributed by atoms with Crippen LogP contribution >= 0.6 is 0 Å². The highest BCUT2D eigenvalue weighted by Gasteiger charge is 2.36. The molecule has 0 radical (unpaired) electrons. The first-order chi connectivity index (χ1) is 8.94. The summed E-state index contributed by atoms with van der Waals surface area (Å²) < 4.78 is 5.50. The molecule has 1 aliphatic rings. The monoisotopic (exact) mass is 265 g/mol. The Bertz CT molecular complexity index is 459. The number of nitrogens with zero attached hydrogens (tertiary/aromatic N) is 3. The summed E-state index contributed by atoms with van der Waals surface area (Å²) in [5, 5.41) is 8.80. The van der Waals surface area contributed by atoms with E-state index in [4.69, 9.17) is 9.84 Å². The molecule has 1 aliphatic heterocycles. The number of anilines is 1. The first-order valence-electron chi connectivity index (χ1n) is 6.27. The van der Waals surface area contributed by atoms with Crippen molar-refractivity contribution in [2.75, 3.05) is 25.1 Å². The molecule has 6 nitrogen and oxygen atoms in total. The molecule has 1 atom stereocenters. The van der Waals surface area contributed by atoms with E-state index in [9.17, 15) is 4.79 Å². The average molecular weight is 265 g/mol. The molecule has 1 N–H and O–H groups in total. The van der Waals surface area contributed by atoms with Gasteiger partial charge in [0, 0.05) is 25.6 Å². The van der Waals surface area contributed by atoms with Crippen LogP contribution in [0.2, 0.25) is 0 Å². The molecule has 0 spiro atoms. The highest BCUT2D eigenvalue weighted by molar-refractivity contribution is 5.84. The van der Waals surface area contributed by atoms with E-state index in [1.165, 1.54) is 12.4 Å². The minimum absolute atomic E-state index is 0.0279. The molecular formula is C13H19N3O3. The maximum absolute atomic E-state index is 10.7. The van der Waals surface area contributed by atoms with Crippen LogP contribution < -0.4 is 4.90 Å². The smallest absolute Gasteiger partial charge is 0.356 e. The summed E-state index contributed by atoms with van der Waals surface area (Å²) in [7, 11) is 1.74. The number of rotatable bonds is 3. The van der Waals surface area contributed by atoms with Crippen molar-refractivity contribution in [1.82, 2.24) is 9.97 Å². The van der Waals surface area contributed by atoms with Gasteiger partial charge in [-0.15, -0.1) is 0 Å². The fraction of sp³-hybridized carbons (Fsp3) is 0.615. The number of carboxylic acid groups (broad SMARTS) is 1. The molecule has 1 aromatic heterocycles. The van der Waals surface area contributed by atoms with Crippen LogP contribution in [-0.2, 0) is 4.74 Å². The van der Waals surface area contributed by atoms with Crippen molar-refractivity contribution >= 4 is 11.8 Å². The first kappa shape index (κ1) is 13.7. The first-order valence-corrected chi connectivity index (χ1v) is 6.27. The van der Waals surface area contributed by atoms with E-state index in [1.54, 1.807) is 7.11 Å². The van der Waals surface area contributed by atoms with Crippen molar-refractivity contribution in [2.24, 2.45) is 5.41 Å². The molecule has 1 fully saturated rings. The van der Waals surface area contributed by atoms with Crippen molar-refractivity contribution < 1.29 is 14.6 Å². The summed E-state index contributed by atoms with van der Waals surface area (Å²) in [6.45, 7) is 5.97. The molecule has 104 valence electrons. The Morgan fingerprint density at radius 2 is 2.21 bits per heavy atom. The fourth-order valence-corrected chi connectivity index (χ4v) is 2.56. The molecule has 0 aliphatic carbocycles. The van der Waals surface area contributed by atoms with E-state index in [0.29, 0.717) is 5.82 Å². The molecule has 2 heterocycles. The Labute approximate surface area is 112 Å². The van der Waals surface area contributed by atoms with Crippen molar-refractivity contribution in [3.05, 3.63) is 18.1 Å². The lowest BCUT2D eigenvalue weighted by Crippen LogP contribution is -2.49. The minimum atomic E-state index is -1.06. The van der Waals surface area contributed by atoms with Gasteiger partial charge in [-0.2, -0.15) is 0 Å². The highest BCUT2D eigenvalue weighted by atomic mass is 16.5. The van der Waals surface area contributed by atoms with Crippen LogP contribution in [0.25, 0.3) is 0 Å². The standard InChI is InChI=1S/C13H19N3O3/c1-13(2)8-16(5-4-10(13)19-3)11-7-14-9(6-15-11)12(17)18/h6-7,10H,4-5,8H2,1-3H3,(H,17,18). The molecule has 0 bridgehead atoms. The summed E-state index contributed by atoms with van der Waals surface area (Å²) in [5.41, 5.74) is -0.00468. The van der Waals surface area contributed by atoms with Gasteiger partial charge in [0.25, 0.3) is 0 Å². The molecule has 1 unspecified atom stereocenters. The number of carboxylic acids is 1. The van der Waals surface area contributed by atoms with Crippen molar-refractivity contribution in [1.29, 1.82) is 0 Å². The zero-order valence-electron chi connectivity index (χ0n) is 11.5. The number of hydrogen-bond acceptors (Lipinski definition) is 5. The Hall–Kier alpha value is -1.69. The molecule has 19 heavy (non-hydrogen) atoms. The Kier molecular flexibility index (Phi) is 3.71. The SMILES string of the molecule is COC1CCN(c2cnc(C(=O)O)cn2)CC1(C)C. The van der Waals surface area contributed by atoms with Gasteiger partial charge in [-0.3, -0.25) is 0 Å². The zero-order chi connectivity index (χ0) is 14.0. The number of methoxy groups -OCH3 is 1. The number of piperidine rings is 1. The van der Waals surface area contributed by atoms with Gasteiger partial charge in [0.1, 0.15) is 5.82 Å². The fourth-order valence-electron chi connectivity index (χ4n) is 2.56. The van der Waals surface area contributed by atoms with Gasteiger partial charge in [0.05, 0.1) is 18.5 Å². The molecule has 0 saturated carbocycles. The molecule has 1 aromatic rings. The zero-order valence-corrected chi connectivity index (χ0v) is 11.5. The third-order valence-corrected chi connectivity index (χ3v) is 3.60. The number of hydrogen-bond donors (Lipinski definition) is 1. The number of aromatic carboxylic acids is 1. The van der Waals surface area contributed by atoms with Crippen LogP contribution in [0.4, 0.5) is 5.82 Å². The van der Waals surface area contributed by atoms with Crippen LogP contribution in [0, 0.1) is 5.41 Å². The number of aromatic nitrogens is 2. The van der Waals surface area contributed by atoms with Gasteiger partial charge in [0.15, 0.2) is 5.69 Å². The number of carbonyl (C=O) groups is 1. The lowest BCUT2D eigenvalue weighted by atomic mass is 9.81. The van der Waals surface area contributed by atoms with Crippen LogP contribution in [0.5, 0.6) is 0 Å². The van der Waals surface area contributed by atoms with Crippen molar-refractivity contribution in [3.63, 3.8) is 0 Å². The summed E-state index contributed by atoms with van der Waals surface area (Å²) in [6, 6.07) is 0. The van der Waals surface area contributed by atoms with Gasteiger partial charge in [0.2, 0.25) is 0 Å². The number of ether oxygens (including phenoxy) is 1. The van der Waals surface area contributed by atoms with E-state index < -0.39 is 5.97 Å². The normalized spacial score (nSPS) is 22.3. The van der Waals surface area contributed by atoms with Crippen LogP contribution in [0.15, 0.2) is 12.4 Å². The van der Waals surface area contributed by atoms with Crippen LogP contribution in [0.1, 0.15) is 30.8 Å². The van der Waals surface area contributed by atoms with Gasteiger partial charge in [-0.1, -0.05) is 13.8 Å². The van der Waals surface area contributed by atoms with E-state index >= 15 is 0 Å². The predicted molar refractivity (Wildman–Crippen MR) is 70.4 cm³/mol. The van der Waals surface area contributed by atoms with Crippen LogP contribution in [-0.4, -0.2) is 47.3 Å². The summed E-state index contributed by atoms with van der Waals surface area (Å²) in [6.07, 6.45) is 3.97. The molecule has 6 heteroatoms. The summed E-state index contributed by atoms with van der Waals surface area (Å²) in [4.78, 5) is 20.9. The molecule has 1 saturated heterocycles. The largest absolute Gasteiger partial charge is 0.476 e. The third-order valence-electron chi connectivity index (χ3n) is 3.60. The predicted octanol–water partition coefficient (Wildman–Crippen LogP) is 1.43. The van der Waals surface area contributed by atoms with E-state index in [0.717, 1.165) is 19.5 Å². The van der Waals surface area contributed by atoms with Crippen molar-refractivity contribution in [2.45, 2.75) is 26.4 Å². The molecule has 2 rings (SSSR count).